The largest absolute Gasteiger partial charge is 0.369 e. The van der Waals surface area contributed by atoms with Gasteiger partial charge in [0.05, 0.1) is 23.2 Å². The van der Waals surface area contributed by atoms with Crippen molar-refractivity contribution >= 4 is 32.7 Å². The zero-order valence-electron chi connectivity index (χ0n) is 20.2. The van der Waals surface area contributed by atoms with E-state index in [1.54, 1.807) is 14.8 Å². The number of anilines is 1. The van der Waals surface area contributed by atoms with E-state index in [0.717, 1.165) is 29.4 Å². The first kappa shape index (κ1) is 23.6. The molecule has 190 valence electrons. The number of rotatable bonds is 4. The fourth-order valence-corrected chi connectivity index (χ4v) is 7.19. The number of pyridine rings is 1. The molecule has 4 fully saturated rings. The van der Waals surface area contributed by atoms with Crippen LogP contribution >= 0.6 is 0 Å². The maximum Gasteiger partial charge on any atom is 0.282 e. The van der Waals surface area contributed by atoms with Crippen LogP contribution in [0, 0.1) is 11.3 Å². The Morgan fingerprint density at radius 2 is 1.75 bits per heavy atom. The summed E-state index contributed by atoms with van der Waals surface area (Å²) in [7, 11) is -3.56. The van der Waals surface area contributed by atoms with Crippen LogP contribution in [0.4, 0.5) is 5.69 Å². The number of hydrogen-bond donors (Lipinski definition) is 0. The number of carbonyl (C=O) groups is 1. The van der Waals surface area contributed by atoms with Crippen LogP contribution in [0.2, 0.25) is 0 Å². The smallest absolute Gasteiger partial charge is 0.282 e. The van der Waals surface area contributed by atoms with Crippen molar-refractivity contribution in [2.45, 2.75) is 37.3 Å². The number of benzene rings is 1. The molecular formula is C25H30N6O4S. The van der Waals surface area contributed by atoms with E-state index in [4.69, 9.17) is 10.00 Å². The van der Waals surface area contributed by atoms with Gasteiger partial charge in [0.1, 0.15) is 12.7 Å². The van der Waals surface area contributed by atoms with Crippen molar-refractivity contribution in [1.82, 2.24) is 18.5 Å². The van der Waals surface area contributed by atoms with Gasteiger partial charge in [-0.05, 0) is 43.9 Å². The summed E-state index contributed by atoms with van der Waals surface area (Å²) in [5.74, 6) is 0.0603. The van der Waals surface area contributed by atoms with E-state index in [-0.39, 0.29) is 12.5 Å². The molecule has 1 aliphatic carbocycles. The zero-order valence-corrected chi connectivity index (χ0v) is 21.0. The summed E-state index contributed by atoms with van der Waals surface area (Å²) in [5.41, 5.74) is 1.93. The third-order valence-electron chi connectivity index (χ3n) is 7.96. The van der Waals surface area contributed by atoms with Crippen molar-refractivity contribution in [1.29, 1.82) is 5.26 Å². The van der Waals surface area contributed by atoms with Crippen molar-refractivity contribution in [3.8, 4) is 6.07 Å². The number of piperidine rings is 1. The van der Waals surface area contributed by atoms with E-state index in [1.807, 2.05) is 29.2 Å². The third-order valence-corrected chi connectivity index (χ3v) is 9.99. The highest BCUT2D eigenvalue weighted by molar-refractivity contribution is 7.86. The first-order chi connectivity index (χ1) is 17.4. The fraction of sp³-hybridized carbons (Fsp3) is 0.560. The monoisotopic (exact) mass is 510 g/mol. The van der Waals surface area contributed by atoms with Crippen LogP contribution in [0.1, 0.15) is 31.2 Å². The quantitative estimate of drug-likeness (QED) is 0.610. The van der Waals surface area contributed by atoms with Gasteiger partial charge in [0.15, 0.2) is 0 Å². The maximum atomic E-state index is 13.4. The van der Waals surface area contributed by atoms with Gasteiger partial charge in [-0.15, -0.1) is 0 Å². The number of ether oxygens (including phenoxy) is 1. The van der Waals surface area contributed by atoms with Crippen LogP contribution in [-0.4, -0.2) is 96.9 Å². The second-order valence-electron chi connectivity index (χ2n) is 10.2. The molecule has 1 aromatic carbocycles. The number of hydrogen-bond acceptors (Lipinski definition) is 7. The molecule has 4 aliphatic rings. The summed E-state index contributed by atoms with van der Waals surface area (Å²) in [5, 5.41) is 9.98. The lowest BCUT2D eigenvalue weighted by Gasteiger charge is -2.47. The number of nitrogens with zero attached hydrogens (tertiary/aromatic N) is 6. The van der Waals surface area contributed by atoms with E-state index >= 15 is 0 Å². The maximum absolute atomic E-state index is 13.4. The molecule has 36 heavy (non-hydrogen) atoms. The summed E-state index contributed by atoms with van der Waals surface area (Å²) >= 11 is 0. The molecule has 0 N–H and O–H groups in total. The lowest BCUT2D eigenvalue weighted by atomic mass is 9.90. The Morgan fingerprint density at radius 3 is 2.44 bits per heavy atom. The van der Waals surface area contributed by atoms with Crippen molar-refractivity contribution in [3.05, 3.63) is 36.0 Å². The molecule has 1 spiro atoms. The fourth-order valence-electron chi connectivity index (χ4n) is 5.60. The first-order valence-corrected chi connectivity index (χ1v) is 14.0. The molecule has 0 unspecified atom stereocenters. The van der Waals surface area contributed by atoms with Gasteiger partial charge in [0, 0.05) is 62.6 Å². The average Bonchev–Trinajstić information content (AvgIpc) is 3.75. The summed E-state index contributed by atoms with van der Waals surface area (Å²) in [6.07, 6.45) is 4.91. The van der Waals surface area contributed by atoms with Crippen molar-refractivity contribution in [2.24, 2.45) is 0 Å². The van der Waals surface area contributed by atoms with E-state index < -0.39 is 15.8 Å². The third kappa shape index (κ3) is 4.32. The Kier molecular flexibility index (Phi) is 5.87. The normalized spacial score (nSPS) is 23.8. The van der Waals surface area contributed by atoms with Gasteiger partial charge >= 0.3 is 0 Å². The van der Waals surface area contributed by atoms with Gasteiger partial charge in [-0.1, -0.05) is 6.07 Å². The van der Waals surface area contributed by atoms with Crippen LogP contribution in [-0.2, 0) is 19.7 Å². The average molecular weight is 511 g/mol. The number of amides is 1. The van der Waals surface area contributed by atoms with Crippen molar-refractivity contribution < 1.29 is 17.9 Å². The summed E-state index contributed by atoms with van der Waals surface area (Å²) in [6.45, 7) is 3.55. The number of morpholine rings is 1. The summed E-state index contributed by atoms with van der Waals surface area (Å²) in [6, 6.07) is 10.2. The highest BCUT2D eigenvalue weighted by Gasteiger charge is 2.48. The van der Waals surface area contributed by atoms with Gasteiger partial charge in [-0.3, -0.25) is 9.78 Å². The summed E-state index contributed by atoms with van der Waals surface area (Å²) in [4.78, 5) is 20.7. The lowest BCUT2D eigenvalue weighted by molar-refractivity contribution is -0.170. The number of carbonyl (C=O) groups excluding carboxylic acids is 1. The van der Waals surface area contributed by atoms with Gasteiger partial charge in [-0.2, -0.15) is 22.3 Å². The van der Waals surface area contributed by atoms with Crippen LogP contribution in [0.5, 0.6) is 0 Å². The first-order valence-electron chi connectivity index (χ1n) is 12.6. The van der Waals surface area contributed by atoms with Crippen molar-refractivity contribution in [2.75, 3.05) is 57.3 Å². The van der Waals surface area contributed by atoms with E-state index in [1.165, 1.54) is 0 Å². The van der Waals surface area contributed by atoms with Gasteiger partial charge in [-0.25, -0.2) is 0 Å². The Hall–Kier alpha value is -2.78. The van der Waals surface area contributed by atoms with E-state index in [2.05, 4.69) is 16.0 Å². The van der Waals surface area contributed by atoms with Gasteiger partial charge in [0.2, 0.25) is 5.91 Å². The molecule has 3 saturated heterocycles. The minimum atomic E-state index is -3.56. The number of nitriles is 1. The minimum absolute atomic E-state index is 0.0603. The second kappa shape index (κ2) is 8.95. The number of piperazine rings is 1. The molecule has 1 saturated carbocycles. The molecule has 2 aromatic rings. The molecule has 11 heteroatoms. The van der Waals surface area contributed by atoms with Gasteiger partial charge in [0.25, 0.3) is 10.2 Å². The lowest BCUT2D eigenvalue weighted by Crippen LogP contribution is -2.61. The Balaban J connectivity index is 1.07. The predicted octanol–water partition coefficient (Wildman–Crippen LogP) is 1.33. The minimum Gasteiger partial charge on any atom is -0.369 e. The van der Waals surface area contributed by atoms with Gasteiger partial charge < -0.3 is 14.5 Å². The second-order valence-corrected chi connectivity index (χ2v) is 12.2. The zero-order chi connectivity index (χ0) is 24.9. The topological polar surface area (TPSA) is 110 Å². The Labute approximate surface area is 211 Å². The molecule has 0 bridgehead atoms. The predicted molar refractivity (Wildman–Crippen MR) is 133 cm³/mol. The van der Waals surface area contributed by atoms with Crippen LogP contribution in [0.3, 0.4) is 0 Å². The molecule has 10 nitrogen and oxygen atoms in total. The molecule has 0 atom stereocenters. The van der Waals surface area contributed by atoms with Crippen LogP contribution in [0.15, 0.2) is 30.5 Å². The Bertz CT molecular complexity index is 1320. The highest BCUT2D eigenvalue weighted by atomic mass is 32.2. The van der Waals surface area contributed by atoms with E-state index in [9.17, 15) is 13.2 Å². The molecular weight excluding hydrogens is 480 g/mol. The van der Waals surface area contributed by atoms with E-state index in [0.29, 0.717) is 70.3 Å². The van der Waals surface area contributed by atoms with Crippen molar-refractivity contribution in [3.63, 3.8) is 0 Å². The summed E-state index contributed by atoms with van der Waals surface area (Å²) < 4.78 is 36.0. The molecule has 1 aromatic heterocycles. The molecule has 0 radical (unpaired) electrons. The number of fused-ring (bicyclic) bond motifs is 1. The Morgan fingerprint density at radius 1 is 1.03 bits per heavy atom. The molecule has 4 heterocycles. The molecule has 6 rings (SSSR count). The molecule has 3 aliphatic heterocycles. The number of aromatic nitrogens is 1. The SMILES string of the molecule is N#Cc1cnc2cc(N3CCN(S(=O)(=O)N4CCC5(CC4)CN(C4CC4)C(=O)CO5)CC3)ccc2c1. The van der Waals surface area contributed by atoms with Crippen LogP contribution < -0.4 is 4.90 Å². The standard InChI is InChI=1S/C25H30N6O4S/c26-15-19-13-20-1-2-22(14-23(20)27-16-19)28-9-11-30(12-10-28)36(33,34)29-7-5-25(6-8-29)18-31(21-3-4-21)24(32)17-35-25/h1-2,13-14,16,21H,3-12,17-18H2. The highest BCUT2D eigenvalue weighted by Crippen LogP contribution is 2.37. The van der Waals surface area contributed by atoms with Crippen LogP contribution in [0.25, 0.3) is 10.9 Å². The molecule has 1 amide bonds.